The Hall–Kier alpha value is -2.70. The molecule has 2 amide bonds. The van der Waals surface area contributed by atoms with Crippen LogP contribution in [0.3, 0.4) is 0 Å². The van der Waals surface area contributed by atoms with Gasteiger partial charge in [0.25, 0.3) is 11.6 Å². The maximum Gasteiger partial charge on any atom is 0.270 e. The summed E-state index contributed by atoms with van der Waals surface area (Å²) in [5.41, 5.74) is 0.581. The SMILES string of the molecule is C=C(C(=O)N1CCN(C=O)CC1)c1cccc([N+](=O)[O-])c1. The first-order valence-corrected chi connectivity index (χ1v) is 6.45. The van der Waals surface area contributed by atoms with Crippen LogP contribution in [0, 0.1) is 10.1 Å². The Morgan fingerprint density at radius 1 is 1.29 bits per heavy atom. The number of hydrogen-bond donors (Lipinski definition) is 0. The third-order valence-corrected chi connectivity index (χ3v) is 3.41. The van der Waals surface area contributed by atoms with Crippen molar-refractivity contribution in [3.63, 3.8) is 0 Å². The van der Waals surface area contributed by atoms with Gasteiger partial charge in [0.1, 0.15) is 0 Å². The normalized spacial score (nSPS) is 14.7. The van der Waals surface area contributed by atoms with Gasteiger partial charge in [0, 0.05) is 43.9 Å². The van der Waals surface area contributed by atoms with E-state index in [-0.39, 0.29) is 17.2 Å². The highest BCUT2D eigenvalue weighted by molar-refractivity contribution is 6.18. The minimum absolute atomic E-state index is 0.0766. The average molecular weight is 289 g/mol. The molecule has 0 aromatic heterocycles. The smallest absolute Gasteiger partial charge is 0.270 e. The summed E-state index contributed by atoms with van der Waals surface area (Å²) in [6.45, 7) is 5.58. The monoisotopic (exact) mass is 289 g/mol. The zero-order valence-electron chi connectivity index (χ0n) is 11.4. The Kier molecular flexibility index (Phi) is 4.32. The Balaban J connectivity index is 2.09. The van der Waals surface area contributed by atoms with Crippen molar-refractivity contribution in [1.29, 1.82) is 0 Å². The van der Waals surface area contributed by atoms with E-state index in [4.69, 9.17) is 0 Å². The lowest BCUT2D eigenvalue weighted by Crippen LogP contribution is -2.48. The first kappa shape index (κ1) is 14.7. The standard InChI is InChI=1S/C14H15N3O4/c1-11(12-3-2-4-13(9-12)17(20)21)14(19)16-7-5-15(10-18)6-8-16/h2-4,9-10H,1,5-8H2. The Labute approximate surface area is 121 Å². The van der Waals surface area contributed by atoms with Crippen LogP contribution in [-0.4, -0.2) is 53.2 Å². The van der Waals surface area contributed by atoms with E-state index in [9.17, 15) is 19.7 Å². The number of carbonyl (C=O) groups is 2. The average Bonchev–Trinajstić information content (AvgIpc) is 2.53. The highest BCUT2D eigenvalue weighted by Crippen LogP contribution is 2.21. The summed E-state index contributed by atoms with van der Waals surface area (Å²) < 4.78 is 0. The van der Waals surface area contributed by atoms with Gasteiger partial charge < -0.3 is 9.80 Å². The quantitative estimate of drug-likeness (QED) is 0.357. The van der Waals surface area contributed by atoms with Crippen molar-refractivity contribution in [2.24, 2.45) is 0 Å². The second-order valence-corrected chi connectivity index (χ2v) is 4.72. The highest BCUT2D eigenvalue weighted by Gasteiger charge is 2.23. The fourth-order valence-electron chi connectivity index (χ4n) is 2.15. The van der Waals surface area contributed by atoms with Gasteiger partial charge in [0.2, 0.25) is 6.41 Å². The fourth-order valence-corrected chi connectivity index (χ4v) is 2.15. The van der Waals surface area contributed by atoms with E-state index in [0.29, 0.717) is 31.7 Å². The summed E-state index contributed by atoms with van der Waals surface area (Å²) in [6.07, 6.45) is 0.761. The maximum absolute atomic E-state index is 12.3. The Morgan fingerprint density at radius 3 is 2.52 bits per heavy atom. The molecular weight excluding hydrogens is 274 g/mol. The topological polar surface area (TPSA) is 83.8 Å². The molecule has 0 radical (unpaired) electrons. The van der Waals surface area contributed by atoms with Gasteiger partial charge in [-0.3, -0.25) is 19.7 Å². The van der Waals surface area contributed by atoms with E-state index < -0.39 is 4.92 Å². The van der Waals surface area contributed by atoms with Crippen LogP contribution < -0.4 is 0 Å². The summed E-state index contributed by atoms with van der Waals surface area (Å²) in [5.74, 6) is -0.263. The van der Waals surface area contributed by atoms with E-state index in [1.54, 1.807) is 15.9 Å². The van der Waals surface area contributed by atoms with Crippen LogP contribution in [-0.2, 0) is 9.59 Å². The van der Waals surface area contributed by atoms with Gasteiger partial charge in [-0.25, -0.2) is 0 Å². The van der Waals surface area contributed by atoms with Gasteiger partial charge in [-0.15, -0.1) is 0 Å². The number of non-ortho nitro benzene ring substituents is 1. The molecule has 1 saturated heterocycles. The molecule has 7 nitrogen and oxygen atoms in total. The second kappa shape index (κ2) is 6.17. The molecule has 21 heavy (non-hydrogen) atoms. The first-order chi connectivity index (χ1) is 10.0. The summed E-state index contributed by atoms with van der Waals surface area (Å²) in [6, 6.07) is 5.84. The fraction of sp³-hybridized carbons (Fsp3) is 0.286. The van der Waals surface area contributed by atoms with Crippen LogP contribution in [0.2, 0.25) is 0 Å². The first-order valence-electron chi connectivity index (χ1n) is 6.45. The molecule has 1 aromatic carbocycles. The molecule has 0 spiro atoms. The predicted molar refractivity (Wildman–Crippen MR) is 76.3 cm³/mol. The van der Waals surface area contributed by atoms with Gasteiger partial charge >= 0.3 is 0 Å². The molecule has 0 aliphatic carbocycles. The molecular formula is C14H15N3O4. The lowest BCUT2D eigenvalue weighted by molar-refractivity contribution is -0.384. The number of nitro groups is 1. The lowest BCUT2D eigenvalue weighted by Gasteiger charge is -2.33. The number of benzene rings is 1. The van der Waals surface area contributed by atoms with E-state index in [1.807, 2.05) is 0 Å². The molecule has 2 rings (SSSR count). The van der Waals surface area contributed by atoms with E-state index >= 15 is 0 Å². The molecule has 7 heteroatoms. The third kappa shape index (κ3) is 3.25. The van der Waals surface area contributed by atoms with Crippen molar-refractivity contribution in [3.8, 4) is 0 Å². The van der Waals surface area contributed by atoms with Crippen LogP contribution in [0.25, 0.3) is 5.57 Å². The molecule has 0 atom stereocenters. The Bertz CT molecular complexity index is 592. The molecule has 1 heterocycles. The van der Waals surface area contributed by atoms with Crippen LogP contribution in [0.1, 0.15) is 5.56 Å². The molecule has 1 aliphatic rings. The zero-order valence-corrected chi connectivity index (χ0v) is 11.4. The van der Waals surface area contributed by atoms with Gasteiger partial charge in [0.15, 0.2) is 0 Å². The number of piperazine rings is 1. The molecule has 0 bridgehead atoms. The third-order valence-electron chi connectivity index (χ3n) is 3.41. The van der Waals surface area contributed by atoms with Crippen LogP contribution in [0.15, 0.2) is 30.8 Å². The van der Waals surface area contributed by atoms with Crippen molar-refractivity contribution in [2.75, 3.05) is 26.2 Å². The highest BCUT2D eigenvalue weighted by atomic mass is 16.6. The number of rotatable bonds is 4. The van der Waals surface area contributed by atoms with Crippen LogP contribution >= 0.6 is 0 Å². The lowest BCUT2D eigenvalue weighted by atomic mass is 10.1. The number of nitrogens with zero attached hydrogens (tertiary/aromatic N) is 3. The summed E-state index contributed by atoms with van der Waals surface area (Å²) in [4.78, 5) is 36.4. The number of hydrogen-bond acceptors (Lipinski definition) is 4. The van der Waals surface area contributed by atoms with Crippen LogP contribution in [0.5, 0.6) is 0 Å². The second-order valence-electron chi connectivity index (χ2n) is 4.72. The molecule has 0 unspecified atom stereocenters. The zero-order chi connectivity index (χ0) is 15.4. The van der Waals surface area contributed by atoms with E-state index in [2.05, 4.69) is 6.58 Å². The summed E-state index contributed by atoms with van der Waals surface area (Å²) >= 11 is 0. The van der Waals surface area contributed by atoms with Gasteiger partial charge in [-0.1, -0.05) is 18.7 Å². The molecule has 0 N–H and O–H groups in total. The number of nitro benzene ring substituents is 1. The molecule has 1 fully saturated rings. The van der Waals surface area contributed by atoms with Crippen molar-refractivity contribution >= 4 is 23.6 Å². The summed E-state index contributed by atoms with van der Waals surface area (Å²) in [5, 5.41) is 10.8. The van der Waals surface area contributed by atoms with E-state index in [1.165, 1.54) is 18.2 Å². The molecule has 110 valence electrons. The largest absolute Gasteiger partial charge is 0.342 e. The van der Waals surface area contributed by atoms with Crippen molar-refractivity contribution in [3.05, 3.63) is 46.5 Å². The molecule has 1 aromatic rings. The van der Waals surface area contributed by atoms with Crippen molar-refractivity contribution in [2.45, 2.75) is 0 Å². The van der Waals surface area contributed by atoms with Gasteiger partial charge in [0.05, 0.1) is 4.92 Å². The van der Waals surface area contributed by atoms with Crippen molar-refractivity contribution < 1.29 is 14.5 Å². The van der Waals surface area contributed by atoms with Crippen LogP contribution in [0.4, 0.5) is 5.69 Å². The number of amides is 2. The number of carbonyl (C=O) groups excluding carboxylic acids is 2. The molecule has 1 aliphatic heterocycles. The minimum atomic E-state index is -0.510. The summed E-state index contributed by atoms with van der Waals surface area (Å²) in [7, 11) is 0. The van der Waals surface area contributed by atoms with Gasteiger partial charge in [-0.2, -0.15) is 0 Å². The van der Waals surface area contributed by atoms with Gasteiger partial charge in [-0.05, 0) is 5.56 Å². The maximum atomic E-state index is 12.3. The minimum Gasteiger partial charge on any atom is -0.342 e. The van der Waals surface area contributed by atoms with Crippen molar-refractivity contribution in [1.82, 2.24) is 9.80 Å². The molecule has 0 saturated carbocycles. The Morgan fingerprint density at radius 2 is 1.95 bits per heavy atom. The van der Waals surface area contributed by atoms with E-state index in [0.717, 1.165) is 6.41 Å². The predicted octanol–water partition coefficient (Wildman–Crippen LogP) is 0.909.